The second-order valence-electron chi connectivity index (χ2n) is 4.74. The molecule has 94 valence electrons. The lowest BCUT2D eigenvalue weighted by Crippen LogP contribution is -2.11. The van der Waals surface area contributed by atoms with Crippen LogP contribution in [0.3, 0.4) is 0 Å². The van der Waals surface area contributed by atoms with Gasteiger partial charge in [-0.2, -0.15) is 0 Å². The van der Waals surface area contributed by atoms with E-state index in [4.69, 9.17) is 0 Å². The highest BCUT2D eigenvalue weighted by Gasteiger charge is 2.03. The average molecular weight is 240 g/mol. The van der Waals surface area contributed by atoms with E-state index in [1.54, 1.807) is 0 Å². The van der Waals surface area contributed by atoms with Gasteiger partial charge in [0.15, 0.2) is 0 Å². The van der Waals surface area contributed by atoms with Crippen LogP contribution in [0, 0.1) is 0 Å². The zero-order valence-electron chi connectivity index (χ0n) is 11.2. The summed E-state index contributed by atoms with van der Waals surface area (Å²) in [6.07, 6.45) is 0. The summed E-state index contributed by atoms with van der Waals surface area (Å²) in [6, 6.07) is 19.3. The van der Waals surface area contributed by atoms with Gasteiger partial charge in [0, 0.05) is 30.2 Å². The van der Waals surface area contributed by atoms with Gasteiger partial charge in [-0.25, -0.2) is 0 Å². The Hall–Kier alpha value is -1.96. The Kier molecular flexibility index (Phi) is 3.88. The Bertz CT molecular complexity index is 474. The molecule has 0 spiro atoms. The molecule has 2 nitrogen and oxygen atoms in total. The fourth-order valence-electron chi connectivity index (χ4n) is 1.92. The zero-order chi connectivity index (χ0) is 13.0. The number of para-hydroxylation sites is 1. The summed E-state index contributed by atoms with van der Waals surface area (Å²) < 4.78 is 0. The summed E-state index contributed by atoms with van der Waals surface area (Å²) in [7, 11) is 2.08. The zero-order valence-corrected chi connectivity index (χ0v) is 11.2. The third kappa shape index (κ3) is 3.04. The van der Waals surface area contributed by atoms with E-state index in [1.807, 2.05) is 6.07 Å². The number of nitrogens with zero attached hydrogens (tertiary/aromatic N) is 1. The van der Waals surface area contributed by atoms with Gasteiger partial charge in [-0.05, 0) is 50.2 Å². The van der Waals surface area contributed by atoms with Crippen molar-refractivity contribution in [2.75, 3.05) is 17.3 Å². The molecular formula is C16H20N2. The molecule has 18 heavy (non-hydrogen) atoms. The third-order valence-corrected chi connectivity index (χ3v) is 2.85. The average Bonchev–Trinajstić information content (AvgIpc) is 2.39. The SMILES string of the molecule is CC(C)Nc1ccc(N(C)c2ccccc2)cc1. The van der Waals surface area contributed by atoms with E-state index in [2.05, 4.69) is 79.6 Å². The standard InChI is InChI=1S/C16H20N2/c1-13(2)17-14-9-11-16(12-10-14)18(3)15-7-5-4-6-8-15/h4-13,17H,1-3H3. The Labute approximate surface area is 109 Å². The van der Waals surface area contributed by atoms with Crippen LogP contribution in [-0.2, 0) is 0 Å². The van der Waals surface area contributed by atoms with E-state index in [0.29, 0.717) is 6.04 Å². The summed E-state index contributed by atoms with van der Waals surface area (Å²) in [5.74, 6) is 0. The molecule has 0 unspecified atom stereocenters. The Morgan fingerprint density at radius 1 is 0.833 bits per heavy atom. The lowest BCUT2D eigenvalue weighted by Gasteiger charge is -2.20. The van der Waals surface area contributed by atoms with Crippen LogP contribution in [0.5, 0.6) is 0 Å². The molecule has 0 heterocycles. The number of hydrogen-bond acceptors (Lipinski definition) is 2. The summed E-state index contributed by atoms with van der Waals surface area (Å²) >= 11 is 0. The van der Waals surface area contributed by atoms with Crippen molar-refractivity contribution < 1.29 is 0 Å². The predicted octanol–water partition coefficient (Wildman–Crippen LogP) is 4.27. The third-order valence-electron chi connectivity index (χ3n) is 2.85. The van der Waals surface area contributed by atoms with E-state index < -0.39 is 0 Å². The minimum Gasteiger partial charge on any atom is -0.383 e. The normalized spacial score (nSPS) is 10.4. The van der Waals surface area contributed by atoms with Gasteiger partial charge in [-0.1, -0.05) is 18.2 Å². The number of nitrogens with one attached hydrogen (secondary N) is 1. The lowest BCUT2D eigenvalue weighted by atomic mass is 10.2. The molecular weight excluding hydrogens is 220 g/mol. The molecule has 2 rings (SSSR count). The first kappa shape index (κ1) is 12.5. The monoisotopic (exact) mass is 240 g/mol. The van der Waals surface area contributed by atoms with Crippen molar-refractivity contribution in [2.45, 2.75) is 19.9 Å². The van der Waals surface area contributed by atoms with Gasteiger partial charge in [-0.15, -0.1) is 0 Å². The fraction of sp³-hybridized carbons (Fsp3) is 0.250. The first-order valence-electron chi connectivity index (χ1n) is 6.32. The Morgan fingerprint density at radius 3 is 1.94 bits per heavy atom. The number of benzene rings is 2. The van der Waals surface area contributed by atoms with Crippen LogP contribution in [0.25, 0.3) is 0 Å². The van der Waals surface area contributed by atoms with E-state index >= 15 is 0 Å². The van der Waals surface area contributed by atoms with Crippen LogP contribution in [0.1, 0.15) is 13.8 Å². The summed E-state index contributed by atoms with van der Waals surface area (Å²) in [5, 5.41) is 3.39. The predicted molar refractivity (Wildman–Crippen MR) is 79.7 cm³/mol. The summed E-state index contributed by atoms with van der Waals surface area (Å²) in [5.41, 5.74) is 3.55. The second-order valence-corrected chi connectivity index (χ2v) is 4.74. The molecule has 0 aliphatic rings. The summed E-state index contributed by atoms with van der Waals surface area (Å²) in [4.78, 5) is 2.18. The number of hydrogen-bond donors (Lipinski definition) is 1. The smallest absolute Gasteiger partial charge is 0.0409 e. The second kappa shape index (κ2) is 5.58. The van der Waals surface area contributed by atoms with Gasteiger partial charge in [0.05, 0.1) is 0 Å². The van der Waals surface area contributed by atoms with Crippen molar-refractivity contribution in [3.63, 3.8) is 0 Å². The van der Waals surface area contributed by atoms with Crippen molar-refractivity contribution in [1.29, 1.82) is 0 Å². The fourth-order valence-corrected chi connectivity index (χ4v) is 1.92. The topological polar surface area (TPSA) is 15.3 Å². The molecule has 0 fully saturated rings. The van der Waals surface area contributed by atoms with Gasteiger partial charge in [0.1, 0.15) is 0 Å². The van der Waals surface area contributed by atoms with Gasteiger partial charge in [0.25, 0.3) is 0 Å². The Balaban J connectivity index is 2.14. The number of rotatable bonds is 4. The molecule has 1 N–H and O–H groups in total. The minimum atomic E-state index is 0.461. The van der Waals surface area contributed by atoms with Gasteiger partial charge in [0.2, 0.25) is 0 Å². The highest BCUT2D eigenvalue weighted by Crippen LogP contribution is 2.24. The van der Waals surface area contributed by atoms with Crippen LogP contribution >= 0.6 is 0 Å². The summed E-state index contributed by atoms with van der Waals surface area (Å²) in [6.45, 7) is 4.29. The quantitative estimate of drug-likeness (QED) is 0.858. The Morgan fingerprint density at radius 2 is 1.39 bits per heavy atom. The first-order valence-corrected chi connectivity index (χ1v) is 6.32. The molecule has 2 aromatic rings. The van der Waals surface area contributed by atoms with Crippen LogP contribution in [0.4, 0.5) is 17.1 Å². The molecule has 2 aromatic carbocycles. The maximum atomic E-state index is 3.39. The van der Waals surface area contributed by atoms with Crippen molar-refractivity contribution in [3.05, 3.63) is 54.6 Å². The van der Waals surface area contributed by atoms with Crippen LogP contribution in [-0.4, -0.2) is 13.1 Å². The maximum absolute atomic E-state index is 3.39. The molecule has 0 aliphatic heterocycles. The van der Waals surface area contributed by atoms with Crippen LogP contribution in [0.15, 0.2) is 54.6 Å². The molecule has 0 aliphatic carbocycles. The molecule has 0 aromatic heterocycles. The van der Waals surface area contributed by atoms with Gasteiger partial charge < -0.3 is 10.2 Å². The molecule has 0 amide bonds. The molecule has 0 saturated heterocycles. The first-order chi connectivity index (χ1) is 8.66. The molecule has 0 saturated carbocycles. The highest BCUT2D eigenvalue weighted by atomic mass is 15.1. The van der Waals surface area contributed by atoms with Crippen molar-refractivity contribution in [3.8, 4) is 0 Å². The molecule has 0 bridgehead atoms. The van der Waals surface area contributed by atoms with Crippen molar-refractivity contribution >= 4 is 17.1 Å². The van der Waals surface area contributed by atoms with E-state index in [-0.39, 0.29) is 0 Å². The van der Waals surface area contributed by atoms with E-state index in [0.717, 1.165) is 5.69 Å². The highest BCUT2D eigenvalue weighted by molar-refractivity contribution is 5.64. The van der Waals surface area contributed by atoms with Crippen LogP contribution < -0.4 is 10.2 Å². The largest absolute Gasteiger partial charge is 0.383 e. The van der Waals surface area contributed by atoms with E-state index in [1.165, 1.54) is 11.4 Å². The minimum absolute atomic E-state index is 0.461. The van der Waals surface area contributed by atoms with Crippen LogP contribution in [0.2, 0.25) is 0 Å². The number of anilines is 3. The molecule has 2 heteroatoms. The van der Waals surface area contributed by atoms with Gasteiger partial charge in [-0.3, -0.25) is 0 Å². The molecule has 0 radical (unpaired) electrons. The van der Waals surface area contributed by atoms with Crippen molar-refractivity contribution in [2.24, 2.45) is 0 Å². The molecule has 0 atom stereocenters. The maximum Gasteiger partial charge on any atom is 0.0409 e. The van der Waals surface area contributed by atoms with Gasteiger partial charge >= 0.3 is 0 Å². The van der Waals surface area contributed by atoms with E-state index in [9.17, 15) is 0 Å². The van der Waals surface area contributed by atoms with Crippen molar-refractivity contribution in [1.82, 2.24) is 0 Å². The lowest BCUT2D eigenvalue weighted by molar-refractivity contribution is 0.900.